The van der Waals surface area contributed by atoms with Gasteiger partial charge < -0.3 is 15.4 Å². The van der Waals surface area contributed by atoms with Crippen LogP contribution in [0, 0.1) is 11.3 Å². The number of amides is 1. The molecule has 0 aliphatic carbocycles. The molecule has 116 valence electrons. The third-order valence-electron chi connectivity index (χ3n) is 2.62. The number of hydrogen-bond donors (Lipinski definition) is 2. The fourth-order valence-corrected chi connectivity index (χ4v) is 1.64. The van der Waals surface area contributed by atoms with E-state index < -0.39 is 5.97 Å². The standard InChI is InChI=1S/C16H19N3O3/c1-3-6-15(20)19-14-8-5-7-13(9-14)18-11-12(10-17)16(21)22-4-2/h5,7-9,11,18H,3-4,6H2,1-2H3,(H,19,20)/b12-11+. The van der Waals surface area contributed by atoms with Crippen molar-refractivity contribution in [3.8, 4) is 6.07 Å². The number of nitriles is 1. The number of nitrogens with one attached hydrogen (secondary N) is 2. The molecule has 0 saturated carbocycles. The lowest BCUT2D eigenvalue weighted by molar-refractivity contribution is -0.138. The Labute approximate surface area is 129 Å². The molecular weight excluding hydrogens is 282 g/mol. The summed E-state index contributed by atoms with van der Waals surface area (Å²) in [5, 5.41) is 14.5. The Morgan fingerprint density at radius 3 is 2.68 bits per heavy atom. The van der Waals surface area contributed by atoms with Crippen LogP contribution in [-0.4, -0.2) is 18.5 Å². The summed E-state index contributed by atoms with van der Waals surface area (Å²) >= 11 is 0. The number of anilines is 2. The van der Waals surface area contributed by atoms with Gasteiger partial charge >= 0.3 is 5.97 Å². The second-order valence-electron chi connectivity index (χ2n) is 4.41. The van der Waals surface area contributed by atoms with E-state index in [1.54, 1.807) is 37.3 Å². The first-order valence-corrected chi connectivity index (χ1v) is 7.04. The van der Waals surface area contributed by atoms with Crippen LogP contribution >= 0.6 is 0 Å². The highest BCUT2D eigenvalue weighted by molar-refractivity contribution is 5.93. The second-order valence-corrected chi connectivity index (χ2v) is 4.41. The molecule has 1 aromatic rings. The molecule has 0 aliphatic rings. The summed E-state index contributed by atoms with van der Waals surface area (Å²) in [5.74, 6) is -0.732. The summed E-state index contributed by atoms with van der Waals surface area (Å²) in [4.78, 5) is 23.0. The van der Waals surface area contributed by atoms with Gasteiger partial charge in [0.05, 0.1) is 6.61 Å². The number of hydrogen-bond acceptors (Lipinski definition) is 5. The second kappa shape index (κ2) is 9.19. The molecule has 2 N–H and O–H groups in total. The molecule has 0 radical (unpaired) electrons. The maximum absolute atomic E-state index is 11.5. The predicted molar refractivity (Wildman–Crippen MR) is 83.9 cm³/mol. The smallest absolute Gasteiger partial charge is 0.350 e. The SMILES string of the molecule is CCCC(=O)Nc1cccc(N/C=C(\C#N)C(=O)OCC)c1. The fraction of sp³-hybridized carbons (Fsp3) is 0.312. The zero-order chi connectivity index (χ0) is 16.4. The van der Waals surface area contributed by atoms with Crippen LogP contribution in [0.1, 0.15) is 26.7 Å². The van der Waals surface area contributed by atoms with Crippen molar-refractivity contribution in [2.45, 2.75) is 26.7 Å². The van der Waals surface area contributed by atoms with Gasteiger partial charge in [-0.25, -0.2) is 4.79 Å². The molecule has 0 atom stereocenters. The number of ether oxygens (including phenoxy) is 1. The zero-order valence-electron chi connectivity index (χ0n) is 12.7. The summed E-state index contributed by atoms with van der Waals surface area (Å²) < 4.78 is 4.76. The molecule has 0 heterocycles. The number of rotatable bonds is 7. The first-order valence-electron chi connectivity index (χ1n) is 7.04. The van der Waals surface area contributed by atoms with Crippen LogP contribution < -0.4 is 10.6 Å². The van der Waals surface area contributed by atoms with E-state index in [4.69, 9.17) is 10.00 Å². The Bertz CT molecular complexity index is 603. The molecule has 6 nitrogen and oxygen atoms in total. The summed E-state index contributed by atoms with van der Waals surface area (Å²) in [5.41, 5.74) is 1.17. The summed E-state index contributed by atoms with van der Waals surface area (Å²) in [6, 6.07) is 8.76. The van der Waals surface area contributed by atoms with Crippen LogP contribution in [0.2, 0.25) is 0 Å². The monoisotopic (exact) mass is 301 g/mol. The minimum absolute atomic E-state index is 0.0561. The molecule has 6 heteroatoms. The summed E-state index contributed by atoms with van der Waals surface area (Å²) in [7, 11) is 0. The largest absolute Gasteiger partial charge is 0.462 e. The molecule has 0 bridgehead atoms. The van der Waals surface area contributed by atoms with Gasteiger partial charge in [0.25, 0.3) is 0 Å². The summed E-state index contributed by atoms with van der Waals surface area (Å²) in [6.45, 7) is 3.81. The van der Waals surface area contributed by atoms with Gasteiger partial charge in [-0.2, -0.15) is 5.26 Å². The highest BCUT2D eigenvalue weighted by atomic mass is 16.5. The molecule has 1 rings (SSSR count). The quantitative estimate of drug-likeness (QED) is 0.459. The number of nitrogens with zero attached hydrogens (tertiary/aromatic N) is 1. The van der Waals surface area contributed by atoms with Crippen LogP contribution in [-0.2, 0) is 14.3 Å². The number of benzene rings is 1. The average Bonchev–Trinajstić information content (AvgIpc) is 2.48. The van der Waals surface area contributed by atoms with E-state index in [2.05, 4.69) is 10.6 Å². The van der Waals surface area contributed by atoms with Crippen molar-refractivity contribution in [2.75, 3.05) is 17.2 Å². The Morgan fingerprint density at radius 2 is 2.05 bits per heavy atom. The molecule has 0 unspecified atom stereocenters. The van der Waals surface area contributed by atoms with Crippen molar-refractivity contribution in [1.82, 2.24) is 0 Å². The average molecular weight is 301 g/mol. The molecule has 0 aliphatic heterocycles. The number of carbonyl (C=O) groups is 2. The van der Waals surface area contributed by atoms with Gasteiger partial charge in [-0.15, -0.1) is 0 Å². The zero-order valence-corrected chi connectivity index (χ0v) is 12.7. The lowest BCUT2D eigenvalue weighted by Gasteiger charge is -2.07. The minimum Gasteiger partial charge on any atom is -0.462 e. The van der Waals surface area contributed by atoms with Crippen LogP contribution in [0.15, 0.2) is 36.0 Å². The van der Waals surface area contributed by atoms with Gasteiger partial charge in [-0.1, -0.05) is 13.0 Å². The highest BCUT2D eigenvalue weighted by Crippen LogP contribution is 2.16. The number of esters is 1. The van der Waals surface area contributed by atoms with Crippen molar-refractivity contribution in [3.63, 3.8) is 0 Å². The first-order chi connectivity index (χ1) is 10.6. The lowest BCUT2D eigenvalue weighted by atomic mass is 10.2. The van der Waals surface area contributed by atoms with Crippen molar-refractivity contribution in [2.24, 2.45) is 0 Å². The van der Waals surface area contributed by atoms with E-state index in [9.17, 15) is 9.59 Å². The van der Waals surface area contributed by atoms with Crippen molar-refractivity contribution in [1.29, 1.82) is 5.26 Å². The van der Waals surface area contributed by atoms with Gasteiger partial charge in [0.2, 0.25) is 5.91 Å². The third kappa shape index (κ3) is 5.67. The molecule has 0 spiro atoms. The van der Waals surface area contributed by atoms with Crippen molar-refractivity contribution in [3.05, 3.63) is 36.0 Å². The van der Waals surface area contributed by atoms with Crippen molar-refractivity contribution >= 4 is 23.3 Å². The Kier molecular flexibility index (Phi) is 7.20. The Hall–Kier alpha value is -2.81. The molecule has 0 aromatic heterocycles. The highest BCUT2D eigenvalue weighted by Gasteiger charge is 2.09. The van der Waals surface area contributed by atoms with Gasteiger partial charge in [0, 0.05) is 24.0 Å². The van der Waals surface area contributed by atoms with Gasteiger partial charge in [0.1, 0.15) is 6.07 Å². The molecule has 0 saturated heterocycles. The molecule has 1 aromatic carbocycles. The van der Waals surface area contributed by atoms with Crippen molar-refractivity contribution < 1.29 is 14.3 Å². The molecule has 1 amide bonds. The van der Waals surface area contributed by atoms with E-state index in [1.807, 2.05) is 6.92 Å². The molecule has 22 heavy (non-hydrogen) atoms. The Morgan fingerprint density at radius 1 is 1.32 bits per heavy atom. The van der Waals surface area contributed by atoms with E-state index in [0.29, 0.717) is 17.8 Å². The first kappa shape index (κ1) is 17.2. The van der Waals surface area contributed by atoms with E-state index in [0.717, 1.165) is 6.42 Å². The van der Waals surface area contributed by atoms with E-state index >= 15 is 0 Å². The van der Waals surface area contributed by atoms with Crippen LogP contribution in [0.3, 0.4) is 0 Å². The Balaban J connectivity index is 2.76. The maximum atomic E-state index is 11.5. The minimum atomic E-state index is -0.676. The fourth-order valence-electron chi connectivity index (χ4n) is 1.64. The third-order valence-corrected chi connectivity index (χ3v) is 2.62. The van der Waals surface area contributed by atoms with Crippen LogP contribution in [0.5, 0.6) is 0 Å². The van der Waals surface area contributed by atoms with Gasteiger partial charge in [-0.3, -0.25) is 4.79 Å². The van der Waals surface area contributed by atoms with Gasteiger partial charge in [-0.05, 0) is 31.5 Å². The lowest BCUT2D eigenvalue weighted by Crippen LogP contribution is -2.10. The molecular formula is C16H19N3O3. The topological polar surface area (TPSA) is 91.2 Å². The van der Waals surface area contributed by atoms with E-state index in [-0.39, 0.29) is 18.1 Å². The van der Waals surface area contributed by atoms with Crippen LogP contribution in [0.4, 0.5) is 11.4 Å². The molecule has 0 fully saturated rings. The normalized spacial score (nSPS) is 10.5. The van der Waals surface area contributed by atoms with Crippen LogP contribution in [0.25, 0.3) is 0 Å². The summed E-state index contributed by atoms with van der Waals surface area (Å²) in [6.07, 6.45) is 2.52. The maximum Gasteiger partial charge on any atom is 0.350 e. The number of carbonyl (C=O) groups excluding carboxylic acids is 2. The predicted octanol–water partition coefficient (Wildman–Crippen LogP) is 2.81. The van der Waals surface area contributed by atoms with Gasteiger partial charge in [0.15, 0.2) is 5.57 Å². The van der Waals surface area contributed by atoms with E-state index in [1.165, 1.54) is 6.20 Å².